The number of nitrogens with one attached hydrogen (secondary N) is 1. The van der Waals surface area contributed by atoms with Gasteiger partial charge in [-0.15, -0.1) is 10.2 Å². The Bertz CT molecular complexity index is 965. The molecule has 1 N–H and O–H groups in total. The van der Waals surface area contributed by atoms with Crippen LogP contribution < -0.4 is 10.2 Å². The van der Waals surface area contributed by atoms with Gasteiger partial charge in [-0.2, -0.15) is 0 Å². The molecule has 0 saturated carbocycles. The van der Waals surface area contributed by atoms with Gasteiger partial charge in [0.15, 0.2) is 5.82 Å². The molecular formula is C23H23ClN4O. The summed E-state index contributed by atoms with van der Waals surface area (Å²) in [7, 11) is 0. The number of amides is 1. The summed E-state index contributed by atoms with van der Waals surface area (Å²) in [6.45, 7) is 2.10. The molecule has 148 valence electrons. The largest absolute Gasteiger partial charge is 0.355 e. The lowest BCUT2D eigenvalue weighted by Crippen LogP contribution is -2.25. The van der Waals surface area contributed by atoms with E-state index < -0.39 is 0 Å². The van der Waals surface area contributed by atoms with Gasteiger partial charge in [0.25, 0.3) is 5.91 Å². The maximum Gasteiger partial charge on any atom is 0.255 e. The molecule has 1 amide bonds. The molecule has 2 heterocycles. The molecule has 1 aliphatic rings. The topological polar surface area (TPSA) is 58.1 Å². The van der Waals surface area contributed by atoms with E-state index in [1.165, 1.54) is 25.7 Å². The molecule has 1 aliphatic heterocycles. The first kappa shape index (κ1) is 19.4. The van der Waals surface area contributed by atoms with Crippen molar-refractivity contribution in [3.05, 3.63) is 71.2 Å². The van der Waals surface area contributed by atoms with Gasteiger partial charge >= 0.3 is 0 Å². The highest BCUT2D eigenvalue weighted by molar-refractivity contribution is 6.31. The lowest BCUT2D eigenvalue weighted by atomic mass is 10.1. The lowest BCUT2D eigenvalue weighted by Gasteiger charge is -2.20. The summed E-state index contributed by atoms with van der Waals surface area (Å²) in [6.07, 6.45) is 5.02. The predicted octanol–water partition coefficient (Wildman–Crippen LogP) is 5.43. The summed E-state index contributed by atoms with van der Waals surface area (Å²) < 4.78 is 0. The second-order valence-electron chi connectivity index (χ2n) is 7.22. The van der Waals surface area contributed by atoms with Crippen LogP contribution in [0.25, 0.3) is 11.3 Å². The van der Waals surface area contributed by atoms with Crippen molar-refractivity contribution < 1.29 is 4.79 Å². The molecule has 5 nitrogen and oxygen atoms in total. The fraction of sp³-hybridized carbons (Fsp3) is 0.261. The number of rotatable bonds is 4. The summed E-state index contributed by atoms with van der Waals surface area (Å²) in [5.41, 5.74) is 3.02. The minimum atomic E-state index is -0.193. The number of halogens is 1. The standard InChI is InChI=1S/C23H23ClN4O/c24-19-7-5-6-18(16-19)23(29)25-20-10-8-17(9-11-20)21-12-13-22(27-26-21)28-14-3-1-2-4-15-28/h5-13,16H,1-4,14-15H2,(H,25,29). The molecular weight excluding hydrogens is 384 g/mol. The molecule has 1 aromatic heterocycles. The first-order valence-corrected chi connectivity index (χ1v) is 10.3. The van der Waals surface area contributed by atoms with Crippen molar-refractivity contribution in [2.24, 2.45) is 0 Å². The van der Waals surface area contributed by atoms with Gasteiger partial charge in [-0.05, 0) is 55.3 Å². The molecule has 0 spiro atoms. The fourth-order valence-corrected chi connectivity index (χ4v) is 3.70. The average Bonchev–Trinajstić information content (AvgIpc) is 3.04. The Balaban J connectivity index is 1.43. The minimum Gasteiger partial charge on any atom is -0.355 e. The molecule has 0 aliphatic carbocycles. The van der Waals surface area contributed by atoms with Crippen LogP contribution in [-0.2, 0) is 0 Å². The fourth-order valence-electron chi connectivity index (χ4n) is 3.50. The third-order valence-corrected chi connectivity index (χ3v) is 5.34. The second-order valence-corrected chi connectivity index (χ2v) is 7.66. The van der Waals surface area contributed by atoms with E-state index in [0.717, 1.165) is 30.2 Å². The summed E-state index contributed by atoms with van der Waals surface area (Å²) in [6, 6.07) is 18.5. The Morgan fingerprint density at radius 1 is 0.897 bits per heavy atom. The number of hydrogen-bond donors (Lipinski definition) is 1. The smallest absolute Gasteiger partial charge is 0.255 e. The highest BCUT2D eigenvalue weighted by Crippen LogP contribution is 2.22. The van der Waals surface area contributed by atoms with Crippen LogP contribution in [0.2, 0.25) is 5.02 Å². The molecule has 1 saturated heterocycles. The van der Waals surface area contributed by atoms with E-state index >= 15 is 0 Å². The molecule has 0 unspecified atom stereocenters. The molecule has 6 heteroatoms. The maximum absolute atomic E-state index is 12.3. The third kappa shape index (κ3) is 4.93. The normalized spacial score (nSPS) is 14.3. The summed E-state index contributed by atoms with van der Waals surface area (Å²) in [5, 5.41) is 12.3. The van der Waals surface area contributed by atoms with Gasteiger partial charge in [0.1, 0.15) is 0 Å². The van der Waals surface area contributed by atoms with E-state index in [9.17, 15) is 4.79 Å². The molecule has 0 radical (unpaired) electrons. The van der Waals surface area contributed by atoms with E-state index in [1.807, 2.05) is 36.4 Å². The third-order valence-electron chi connectivity index (χ3n) is 5.11. The van der Waals surface area contributed by atoms with E-state index in [2.05, 4.69) is 20.4 Å². The first-order chi connectivity index (χ1) is 14.2. The highest BCUT2D eigenvalue weighted by Gasteiger charge is 2.12. The Hall–Kier alpha value is -2.92. The predicted molar refractivity (Wildman–Crippen MR) is 118 cm³/mol. The van der Waals surface area contributed by atoms with Crippen molar-refractivity contribution in [2.45, 2.75) is 25.7 Å². The summed E-state index contributed by atoms with van der Waals surface area (Å²) in [4.78, 5) is 14.7. The zero-order valence-electron chi connectivity index (χ0n) is 16.1. The van der Waals surface area contributed by atoms with Gasteiger partial charge in [-0.1, -0.05) is 42.6 Å². The molecule has 1 fully saturated rings. The summed E-state index contributed by atoms with van der Waals surface area (Å²) in [5.74, 6) is 0.753. The molecule has 0 atom stereocenters. The van der Waals surface area contributed by atoms with Crippen LogP contribution >= 0.6 is 11.6 Å². The van der Waals surface area contributed by atoms with Crippen LogP contribution in [0.15, 0.2) is 60.7 Å². The van der Waals surface area contributed by atoms with Gasteiger partial charge in [0, 0.05) is 34.9 Å². The van der Waals surface area contributed by atoms with E-state index in [1.54, 1.807) is 24.3 Å². The van der Waals surface area contributed by atoms with Crippen LogP contribution in [0.3, 0.4) is 0 Å². The van der Waals surface area contributed by atoms with Crippen molar-refractivity contribution in [3.8, 4) is 11.3 Å². The van der Waals surface area contributed by atoms with Crippen molar-refractivity contribution in [3.63, 3.8) is 0 Å². The van der Waals surface area contributed by atoms with Gasteiger partial charge in [0.05, 0.1) is 5.69 Å². The Labute approximate surface area is 175 Å². The zero-order valence-corrected chi connectivity index (χ0v) is 16.9. The molecule has 4 rings (SSSR count). The van der Waals surface area contributed by atoms with Gasteiger partial charge in [0.2, 0.25) is 0 Å². The quantitative estimate of drug-likeness (QED) is 0.627. The Kier molecular flexibility index (Phi) is 6.06. The van der Waals surface area contributed by atoms with E-state index in [-0.39, 0.29) is 5.91 Å². The average molecular weight is 407 g/mol. The van der Waals surface area contributed by atoms with Gasteiger partial charge in [-0.25, -0.2) is 0 Å². The number of carbonyl (C=O) groups excluding carboxylic acids is 1. The van der Waals surface area contributed by atoms with Crippen LogP contribution in [0.4, 0.5) is 11.5 Å². The van der Waals surface area contributed by atoms with E-state index in [0.29, 0.717) is 16.3 Å². The Morgan fingerprint density at radius 2 is 1.66 bits per heavy atom. The number of carbonyl (C=O) groups is 1. The number of aromatic nitrogens is 2. The Morgan fingerprint density at radius 3 is 2.31 bits per heavy atom. The second kappa shape index (κ2) is 9.05. The van der Waals surface area contributed by atoms with Crippen LogP contribution in [-0.4, -0.2) is 29.2 Å². The molecule has 0 bridgehead atoms. The monoisotopic (exact) mass is 406 g/mol. The number of hydrogen-bond acceptors (Lipinski definition) is 4. The highest BCUT2D eigenvalue weighted by atomic mass is 35.5. The van der Waals surface area contributed by atoms with Crippen molar-refractivity contribution in [2.75, 3.05) is 23.3 Å². The molecule has 2 aromatic carbocycles. The summed E-state index contributed by atoms with van der Waals surface area (Å²) >= 11 is 5.95. The van der Waals surface area contributed by atoms with Crippen LogP contribution in [0.5, 0.6) is 0 Å². The molecule has 29 heavy (non-hydrogen) atoms. The van der Waals surface area contributed by atoms with Crippen molar-refractivity contribution >= 4 is 29.0 Å². The van der Waals surface area contributed by atoms with Gasteiger partial charge < -0.3 is 10.2 Å². The maximum atomic E-state index is 12.3. The first-order valence-electron chi connectivity index (χ1n) is 9.95. The van der Waals surface area contributed by atoms with Crippen molar-refractivity contribution in [1.29, 1.82) is 0 Å². The lowest BCUT2D eigenvalue weighted by molar-refractivity contribution is 0.102. The van der Waals surface area contributed by atoms with Crippen LogP contribution in [0, 0.1) is 0 Å². The number of anilines is 2. The molecule has 3 aromatic rings. The van der Waals surface area contributed by atoms with Crippen LogP contribution in [0.1, 0.15) is 36.0 Å². The van der Waals surface area contributed by atoms with Gasteiger partial charge in [-0.3, -0.25) is 4.79 Å². The van der Waals surface area contributed by atoms with Crippen molar-refractivity contribution in [1.82, 2.24) is 10.2 Å². The number of benzene rings is 2. The minimum absolute atomic E-state index is 0.193. The number of nitrogens with zero attached hydrogens (tertiary/aromatic N) is 3. The van der Waals surface area contributed by atoms with E-state index in [4.69, 9.17) is 11.6 Å². The zero-order chi connectivity index (χ0) is 20.1. The SMILES string of the molecule is O=C(Nc1ccc(-c2ccc(N3CCCCCC3)nn2)cc1)c1cccc(Cl)c1.